The molecule has 27 heavy (non-hydrogen) atoms. The SMILES string of the molecule is O=C(CCCc1c[nH]c2cc(Cl)c(Cl)cc12)N1CC=C(c2cccs2)CC1. The summed E-state index contributed by atoms with van der Waals surface area (Å²) in [5.74, 6) is 0.234. The number of aromatic amines is 1. The van der Waals surface area contributed by atoms with Crippen molar-refractivity contribution < 1.29 is 4.79 Å². The average molecular weight is 419 g/mol. The summed E-state index contributed by atoms with van der Waals surface area (Å²) in [5, 5.41) is 4.29. The predicted octanol–water partition coefficient (Wildman–Crippen LogP) is 6.17. The highest BCUT2D eigenvalue weighted by Gasteiger charge is 2.18. The summed E-state index contributed by atoms with van der Waals surface area (Å²) < 4.78 is 0. The van der Waals surface area contributed by atoms with Gasteiger partial charge >= 0.3 is 0 Å². The molecule has 3 heterocycles. The molecule has 2 aromatic heterocycles. The fraction of sp³-hybridized carbons (Fsp3) is 0.286. The zero-order chi connectivity index (χ0) is 18.8. The van der Waals surface area contributed by atoms with E-state index in [2.05, 4.69) is 28.6 Å². The van der Waals surface area contributed by atoms with E-state index in [0.717, 1.165) is 36.7 Å². The molecule has 0 atom stereocenters. The van der Waals surface area contributed by atoms with Crippen molar-refractivity contribution in [1.82, 2.24) is 9.88 Å². The Labute approximate surface area is 172 Å². The normalized spacial score (nSPS) is 14.6. The Morgan fingerprint density at radius 2 is 2.11 bits per heavy atom. The van der Waals surface area contributed by atoms with E-state index in [9.17, 15) is 4.79 Å². The first kappa shape index (κ1) is 18.6. The summed E-state index contributed by atoms with van der Waals surface area (Å²) in [6, 6.07) is 7.96. The van der Waals surface area contributed by atoms with Crippen LogP contribution in [0.1, 0.15) is 29.7 Å². The number of amides is 1. The highest BCUT2D eigenvalue weighted by atomic mass is 35.5. The zero-order valence-electron chi connectivity index (χ0n) is 14.8. The number of aromatic nitrogens is 1. The van der Waals surface area contributed by atoms with Crippen LogP contribution in [0.25, 0.3) is 16.5 Å². The van der Waals surface area contributed by atoms with E-state index in [4.69, 9.17) is 23.2 Å². The molecule has 0 spiro atoms. The fourth-order valence-corrected chi connectivity index (χ4v) is 4.68. The lowest BCUT2D eigenvalue weighted by molar-refractivity contribution is -0.130. The smallest absolute Gasteiger partial charge is 0.222 e. The first-order valence-electron chi connectivity index (χ1n) is 9.07. The molecule has 1 amide bonds. The first-order valence-corrected chi connectivity index (χ1v) is 10.7. The van der Waals surface area contributed by atoms with Gasteiger partial charge in [-0.2, -0.15) is 0 Å². The molecular formula is C21H20Cl2N2OS. The highest BCUT2D eigenvalue weighted by molar-refractivity contribution is 7.11. The van der Waals surface area contributed by atoms with Crippen LogP contribution in [0.2, 0.25) is 10.0 Å². The molecule has 1 N–H and O–H groups in total. The number of rotatable bonds is 5. The minimum absolute atomic E-state index is 0.234. The molecule has 1 aliphatic rings. The minimum Gasteiger partial charge on any atom is -0.361 e. The summed E-state index contributed by atoms with van der Waals surface area (Å²) in [6.45, 7) is 1.52. The summed E-state index contributed by atoms with van der Waals surface area (Å²) in [5.41, 5.74) is 3.52. The topological polar surface area (TPSA) is 36.1 Å². The number of carbonyl (C=O) groups is 1. The van der Waals surface area contributed by atoms with Crippen LogP contribution < -0.4 is 0 Å². The molecule has 0 saturated carbocycles. The Morgan fingerprint density at radius 1 is 1.26 bits per heavy atom. The van der Waals surface area contributed by atoms with Gasteiger partial charge in [0.2, 0.25) is 5.91 Å². The molecule has 0 bridgehead atoms. The Bertz CT molecular complexity index is 991. The lowest BCUT2D eigenvalue weighted by Crippen LogP contribution is -2.34. The Kier molecular flexibility index (Phi) is 5.58. The number of thiophene rings is 1. The van der Waals surface area contributed by atoms with Crippen molar-refractivity contribution in [2.75, 3.05) is 13.1 Å². The van der Waals surface area contributed by atoms with Gasteiger partial charge in [-0.25, -0.2) is 0 Å². The number of carbonyl (C=O) groups excluding carboxylic acids is 1. The van der Waals surface area contributed by atoms with Crippen LogP contribution >= 0.6 is 34.5 Å². The van der Waals surface area contributed by atoms with E-state index in [1.165, 1.54) is 16.0 Å². The Hall–Kier alpha value is -1.75. The second kappa shape index (κ2) is 8.09. The van der Waals surface area contributed by atoms with E-state index in [1.807, 2.05) is 23.2 Å². The van der Waals surface area contributed by atoms with Crippen LogP contribution in [-0.2, 0) is 11.2 Å². The molecule has 0 fully saturated rings. The van der Waals surface area contributed by atoms with Gasteiger partial charge in [-0.15, -0.1) is 11.3 Å². The van der Waals surface area contributed by atoms with Gasteiger partial charge in [0.05, 0.1) is 10.0 Å². The van der Waals surface area contributed by atoms with E-state index < -0.39 is 0 Å². The number of nitrogens with one attached hydrogen (secondary N) is 1. The molecule has 3 aromatic rings. The molecule has 0 radical (unpaired) electrons. The van der Waals surface area contributed by atoms with E-state index in [-0.39, 0.29) is 5.91 Å². The maximum atomic E-state index is 12.5. The van der Waals surface area contributed by atoms with Gasteiger partial charge in [0, 0.05) is 41.5 Å². The van der Waals surface area contributed by atoms with E-state index >= 15 is 0 Å². The maximum absolute atomic E-state index is 12.5. The number of H-pyrrole nitrogens is 1. The zero-order valence-corrected chi connectivity index (χ0v) is 17.1. The third kappa shape index (κ3) is 4.08. The van der Waals surface area contributed by atoms with Crippen molar-refractivity contribution in [3.8, 4) is 0 Å². The van der Waals surface area contributed by atoms with Gasteiger partial charge < -0.3 is 9.88 Å². The van der Waals surface area contributed by atoms with Crippen LogP contribution in [0.4, 0.5) is 0 Å². The van der Waals surface area contributed by atoms with E-state index in [1.54, 1.807) is 11.3 Å². The molecule has 0 aliphatic carbocycles. The number of hydrogen-bond acceptors (Lipinski definition) is 2. The molecule has 1 aromatic carbocycles. The molecular weight excluding hydrogens is 399 g/mol. The van der Waals surface area contributed by atoms with Crippen LogP contribution in [0.5, 0.6) is 0 Å². The third-order valence-electron chi connectivity index (χ3n) is 5.04. The maximum Gasteiger partial charge on any atom is 0.222 e. The summed E-state index contributed by atoms with van der Waals surface area (Å²) in [4.78, 5) is 19.0. The predicted molar refractivity (Wildman–Crippen MR) is 115 cm³/mol. The van der Waals surface area contributed by atoms with Gasteiger partial charge in [0.15, 0.2) is 0 Å². The standard InChI is InChI=1S/C21H20Cl2N2OS/c22-17-11-16-15(13-24-19(16)12-18(17)23)3-1-5-21(26)25-8-6-14(7-9-25)20-4-2-10-27-20/h2,4,6,10-13,24H,1,3,5,7-9H2. The van der Waals surface area contributed by atoms with Crippen LogP contribution in [0, 0.1) is 0 Å². The number of benzene rings is 1. The van der Waals surface area contributed by atoms with Crippen molar-refractivity contribution in [3.63, 3.8) is 0 Å². The Morgan fingerprint density at radius 3 is 2.85 bits per heavy atom. The van der Waals surface area contributed by atoms with Crippen molar-refractivity contribution in [1.29, 1.82) is 0 Å². The van der Waals surface area contributed by atoms with Crippen LogP contribution in [-0.4, -0.2) is 28.9 Å². The molecule has 6 heteroatoms. The second-order valence-electron chi connectivity index (χ2n) is 6.78. The summed E-state index contributed by atoms with van der Waals surface area (Å²) >= 11 is 14.0. The van der Waals surface area contributed by atoms with Gasteiger partial charge in [-0.3, -0.25) is 4.79 Å². The highest BCUT2D eigenvalue weighted by Crippen LogP contribution is 2.30. The number of fused-ring (bicyclic) bond motifs is 1. The lowest BCUT2D eigenvalue weighted by Gasteiger charge is -2.26. The van der Waals surface area contributed by atoms with E-state index in [0.29, 0.717) is 23.0 Å². The third-order valence-corrected chi connectivity index (χ3v) is 6.71. The van der Waals surface area contributed by atoms with Gasteiger partial charge in [0.1, 0.15) is 0 Å². The van der Waals surface area contributed by atoms with Crippen molar-refractivity contribution in [2.45, 2.75) is 25.7 Å². The van der Waals surface area contributed by atoms with Crippen molar-refractivity contribution in [2.24, 2.45) is 0 Å². The molecule has 1 aliphatic heterocycles. The number of halogens is 2. The number of hydrogen-bond donors (Lipinski definition) is 1. The van der Waals surface area contributed by atoms with Crippen LogP contribution in [0.3, 0.4) is 0 Å². The fourth-order valence-electron chi connectivity index (χ4n) is 3.55. The number of aryl methyl sites for hydroxylation is 1. The van der Waals surface area contributed by atoms with Crippen LogP contribution in [0.15, 0.2) is 41.9 Å². The molecule has 0 unspecified atom stereocenters. The lowest BCUT2D eigenvalue weighted by atomic mass is 10.0. The molecule has 140 valence electrons. The Balaban J connectivity index is 1.32. The molecule has 3 nitrogen and oxygen atoms in total. The summed E-state index contributed by atoms with van der Waals surface area (Å²) in [7, 11) is 0. The minimum atomic E-state index is 0.234. The van der Waals surface area contributed by atoms with Gasteiger partial charge in [-0.05, 0) is 54.0 Å². The largest absolute Gasteiger partial charge is 0.361 e. The van der Waals surface area contributed by atoms with Gasteiger partial charge in [0.25, 0.3) is 0 Å². The summed E-state index contributed by atoms with van der Waals surface area (Å²) in [6.07, 6.45) is 7.35. The first-order chi connectivity index (χ1) is 13.1. The van der Waals surface area contributed by atoms with Crippen molar-refractivity contribution in [3.05, 3.63) is 62.4 Å². The molecule has 4 rings (SSSR count). The number of nitrogens with zero attached hydrogens (tertiary/aromatic N) is 1. The van der Waals surface area contributed by atoms with Gasteiger partial charge in [-0.1, -0.05) is 35.3 Å². The monoisotopic (exact) mass is 418 g/mol. The quantitative estimate of drug-likeness (QED) is 0.527. The molecule has 0 saturated heterocycles. The average Bonchev–Trinajstić information content (AvgIpc) is 3.33. The van der Waals surface area contributed by atoms with Crippen molar-refractivity contribution >= 4 is 56.9 Å². The second-order valence-corrected chi connectivity index (χ2v) is 8.54.